The molecule has 0 N–H and O–H groups in total. The molecule has 3 heterocycles. The van der Waals surface area contributed by atoms with Crippen molar-refractivity contribution in [2.24, 2.45) is 0 Å². The Hall–Kier alpha value is -4.57. The third-order valence-electron chi connectivity index (χ3n) is 6.57. The first-order valence-electron chi connectivity index (χ1n) is 11.6. The van der Waals surface area contributed by atoms with E-state index < -0.39 is 11.9 Å². The minimum atomic E-state index is -0.852. The summed E-state index contributed by atoms with van der Waals surface area (Å²) in [4.78, 5) is 34.0. The van der Waals surface area contributed by atoms with Crippen LogP contribution in [-0.2, 0) is 0 Å². The summed E-state index contributed by atoms with van der Waals surface area (Å²) < 4.78 is 28.9. The van der Waals surface area contributed by atoms with Crippen molar-refractivity contribution in [1.82, 2.24) is 4.98 Å². The number of hydrogen-bond donors (Lipinski definition) is 0. The van der Waals surface area contributed by atoms with Gasteiger partial charge in [0.15, 0.2) is 22.1 Å². The Balaban J connectivity index is 1.64. The smallest absolute Gasteiger partial charge is 0.297 e. The summed E-state index contributed by atoms with van der Waals surface area (Å²) in [6.45, 7) is 0. The van der Waals surface area contributed by atoms with E-state index in [9.17, 15) is 9.59 Å². The van der Waals surface area contributed by atoms with Gasteiger partial charge in [-0.2, -0.15) is 0 Å². The summed E-state index contributed by atoms with van der Waals surface area (Å²) in [5.41, 5.74) is 1.54. The maximum absolute atomic E-state index is 14.0. The van der Waals surface area contributed by atoms with E-state index in [4.69, 9.17) is 28.3 Å². The van der Waals surface area contributed by atoms with Crippen molar-refractivity contribution in [2.45, 2.75) is 6.04 Å². The molecular formula is C28H22N2O7S. The normalized spacial score (nSPS) is 14.7. The topological polar surface area (TPSA) is 100 Å². The molecule has 0 spiro atoms. The number of hydrogen-bond acceptors (Lipinski definition) is 9. The van der Waals surface area contributed by atoms with E-state index in [1.165, 1.54) is 37.6 Å². The van der Waals surface area contributed by atoms with Gasteiger partial charge in [-0.1, -0.05) is 23.5 Å². The SMILES string of the molecule is COc1ccc2nc(N3C(=O)c4oc5ccccc5c(=O)c4C3c3cc(OC)c(OC)c(OC)c3)sc2c1. The molecule has 9 nitrogen and oxygen atoms in total. The molecule has 0 fully saturated rings. The van der Waals surface area contributed by atoms with Gasteiger partial charge in [-0.25, -0.2) is 4.98 Å². The lowest BCUT2D eigenvalue weighted by Gasteiger charge is -2.24. The molecule has 0 saturated heterocycles. The molecule has 1 aliphatic heterocycles. The first-order chi connectivity index (χ1) is 18.5. The Morgan fingerprint density at radius 3 is 2.32 bits per heavy atom. The molecule has 1 unspecified atom stereocenters. The molecule has 5 aromatic rings. The number of methoxy groups -OCH3 is 4. The molecule has 0 saturated carbocycles. The molecule has 3 aromatic carbocycles. The predicted octanol–water partition coefficient (Wildman–Crippen LogP) is 5.19. The van der Waals surface area contributed by atoms with Crippen LogP contribution in [0.4, 0.5) is 5.13 Å². The molecule has 1 aliphatic rings. The van der Waals surface area contributed by atoms with Gasteiger partial charge in [-0.3, -0.25) is 14.5 Å². The monoisotopic (exact) mass is 530 g/mol. The van der Waals surface area contributed by atoms with Gasteiger partial charge in [-0.05, 0) is 48.0 Å². The van der Waals surface area contributed by atoms with Crippen molar-refractivity contribution in [3.05, 3.63) is 81.7 Å². The second-order valence-corrected chi connectivity index (χ2v) is 9.55. The molecule has 1 atom stereocenters. The third-order valence-corrected chi connectivity index (χ3v) is 7.59. The van der Waals surface area contributed by atoms with Crippen LogP contribution in [0.15, 0.2) is 63.8 Å². The fraction of sp³-hybridized carbons (Fsp3) is 0.179. The van der Waals surface area contributed by atoms with E-state index in [1.807, 2.05) is 12.1 Å². The van der Waals surface area contributed by atoms with Gasteiger partial charge in [0.25, 0.3) is 5.91 Å². The van der Waals surface area contributed by atoms with Gasteiger partial charge in [0.1, 0.15) is 11.3 Å². The molecular weight excluding hydrogens is 508 g/mol. The lowest BCUT2D eigenvalue weighted by Crippen LogP contribution is -2.29. The molecule has 2 aromatic heterocycles. The summed E-state index contributed by atoms with van der Waals surface area (Å²) in [5, 5.41) is 0.791. The average Bonchev–Trinajstić information content (AvgIpc) is 3.50. The van der Waals surface area contributed by atoms with E-state index in [0.717, 1.165) is 4.70 Å². The van der Waals surface area contributed by atoms with Gasteiger partial charge in [0.05, 0.1) is 55.6 Å². The van der Waals surface area contributed by atoms with Crippen molar-refractivity contribution >= 4 is 43.6 Å². The number of benzene rings is 3. The highest BCUT2D eigenvalue weighted by molar-refractivity contribution is 7.22. The number of carbonyl (C=O) groups excluding carboxylic acids is 1. The van der Waals surface area contributed by atoms with Gasteiger partial charge >= 0.3 is 0 Å². The molecule has 1 amide bonds. The van der Waals surface area contributed by atoms with Crippen LogP contribution in [0.3, 0.4) is 0 Å². The van der Waals surface area contributed by atoms with Gasteiger partial charge < -0.3 is 23.4 Å². The quantitative estimate of drug-likeness (QED) is 0.296. The fourth-order valence-corrected chi connectivity index (χ4v) is 5.84. The number of fused-ring (bicyclic) bond motifs is 3. The molecule has 10 heteroatoms. The third kappa shape index (κ3) is 3.48. The number of anilines is 1. The van der Waals surface area contributed by atoms with E-state index in [1.54, 1.807) is 49.6 Å². The number of nitrogens with zero attached hydrogens (tertiary/aromatic N) is 2. The van der Waals surface area contributed by atoms with Crippen molar-refractivity contribution in [3.63, 3.8) is 0 Å². The molecule has 0 bridgehead atoms. The Morgan fingerprint density at radius 1 is 0.895 bits per heavy atom. The van der Waals surface area contributed by atoms with E-state index >= 15 is 0 Å². The first kappa shape index (κ1) is 23.8. The van der Waals surface area contributed by atoms with Crippen molar-refractivity contribution in [3.8, 4) is 23.0 Å². The second-order valence-electron chi connectivity index (χ2n) is 8.54. The zero-order valence-corrected chi connectivity index (χ0v) is 21.8. The summed E-state index contributed by atoms with van der Waals surface area (Å²) in [6, 6.07) is 15.0. The van der Waals surface area contributed by atoms with Crippen molar-refractivity contribution in [2.75, 3.05) is 33.3 Å². The molecule has 6 rings (SSSR count). The number of amides is 1. The van der Waals surface area contributed by atoms with Crippen LogP contribution in [-0.4, -0.2) is 39.3 Å². The zero-order valence-electron chi connectivity index (χ0n) is 20.9. The van der Waals surface area contributed by atoms with E-state index in [0.29, 0.717) is 50.2 Å². The minimum absolute atomic E-state index is 0.0238. The maximum atomic E-state index is 14.0. The number of rotatable bonds is 6. The maximum Gasteiger partial charge on any atom is 0.297 e. The number of carbonyl (C=O) groups is 1. The summed E-state index contributed by atoms with van der Waals surface area (Å²) >= 11 is 1.32. The van der Waals surface area contributed by atoms with E-state index in [-0.39, 0.29) is 16.8 Å². The lowest BCUT2D eigenvalue weighted by molar-refractivity contribution is 0.0971. The summed E-state index contributed by atoms with van der Waals surface area (Å²) in [5.74, 6) is 1.36. The molecule has 0 aliphatic carbocycles. The van der Waals surface area contributed by atoms with Gasteiger partial charge in [0, 0.05) is 0 Å². The Bertz CT molecular complexity index is 1770. The Labute approximate surface area is 220 Å². The van der Waals surface area contributed by atoms with E-state index in [2.05, 4.69) is 0 Å². The molecule has 192 valence electrons. The first-order valence-corrected chi connectivity index (χ1v) is 12.4. The van der Waals surface area contributed by atoms with Crippen LogP contribution in [0, 0.1) is 0 Å². The fourth-order valence-electron chi connectivity index (χ4n) is 4.81. The Kier molecular flexibility index (Phi) is 5.68. The highest BCUT2D eigenvalue weighted by Gasteiger charge is 2.45. The number of para-hydroxylation sites is 1. The van der Waals surface area contributed by atoms with Crippen LogP contribution in [0.1, 0.15) is 27.7 Å². The van der Waals surface area contributed by atoms with Gasteiger partial charge in [-0.15, -0.1) is 0 Å². The number of ether oxygens (including phenoxy) is 4. The highest BCUT2D eigenvalue weighted by Crippen LogP contribution is 2.47. The predicted molar refractivity (Wildman–Crippen MR) is 143 cm³/mol. The van der Waals surface area contributed by atoms with Crippen LogP contribution in [0.5, 0.6) is 23.0 Å². The zero-order chi connectivity index (χ0) is 26.6. The van der Waals surface area contributed by atoms with Crippen LogP contribution < -0.4 is 29.3 Å². The standard InChI is InChI=1S/C28H22N2O7S/c1-33-15-9-10-17-21(13-15)38-28(29-17)30-23(14-11-19(34-2)25(36-4)20(12-14)35-3)22-24(31)16-7-5-6-8-18(16)37-26(22)27(30)32/h5-13,23H,1-4H3. The van der Waals surface area contributed by atoms with Crippen LogP contribution in [0.2, 0.25) is 0 Å². The summed E-state index contributed by atoms with van der Waals surface area (Å²) in [7, 11) is 6.12. The van der Waals surface area contributed by atoms with Crippen LogP contribution >= 0.6 is 11.3 Å². The van der Waals surface area contributed by atoms with Crippen molar-refractivity contribution in [1.29, 1.82) is 0 Å². The highest BCUT2D eigenvalue weighted by atomic mass is 32.1. The van der Waals surface area contributed by atoms with Gasteiger partial charge in [0.2, 0.25) is 11.5 Å². The lowest BCUT2D eigenvalue weighted by atomic mass is 9.98. The summed E-state index contributed by atoms with van der Waals surface area (Å²) in [6.07, 6.45) is 0. The average molecular weight is 531 g/mol. The second kappa shape index (κ2) is 9.07. The number of aromatic nitrogens is 1. The molecule has 0 radical (unpaired) electrons. The molecule has 38 heavy (non-hydrogen) atoms. The largest absolute Gasteiger partial charge is 0.497 e. The van der Waals surface area contributed by atoms with Crippen molar-refractivity contribution < 1.29 is 28.2 Å². The van der Waals surface area contributed by atoms with Crippen LogP contribution in [0.25, 0.3) is 21.2 Å². The number of thiazole rings is 1. The minimum Gasteiger partial charge on any atom is -0.497 e. The Morgan fingerprint density at radius 2 is 1.63 bits per heavy atom.